The minimum absolute atomic E-state index is 0.0138. The van der Waals surface area contributed by atoms with Crippen molar-refractivity contribution in [2.45, 2.75) is 10.7 Å². The van der Waals surface area contributed by atoms with Gasteiger partial charge in [0.15, 0.2) is 0 Å². The highest BCUT2D eigenvalue weighted by molar-refractivity contribution is 7.85. The van der Waals surface area contributed by atoms with E-state index in [9.17, 15) is 14.3 Å². The normalized spacial score (nSPS) is 21.1. The van der Waals surface area contributed by atoms with Crippen molar-refractivity contribution in [1.82, 2.24) is 0 Å². The Morgan fingerprint density at radius 1 is 1.42 bits per heavy atom. The number of hydrogen-bond acceptors (Lipinski definition) is 6. The van der Waals surface area contributed by atoms with Crippen molar-refractivity contribution in [2.24, 2.45) is 0 Å². The second-order valence-electron chi connectivity index (χ2n) is 3.99. The summed E-state index contributed by atoms with van der Waals surface area (Å²) in [6, 6.07) is 3.99. The van der Waals surface area contributed by atoms with E-state index in [2.05, 4.69) is 0 Å². The van der Waals surface area contributed by atoms with Crippen LogP contribution in [0.3, 0.4) is 0 Å². The Hall–Kier alpha value is -1.51. The number of nitro groups is 1. The van der Waals surface area contributed by atoms with Crippen LogP contribution < -0.4 is 4.74 Å². The molecule has 0 aliphatic carbocycles. The lowest BCUT2D eigenvalue weighted by molar-refractivity contribution is -0.385. The average Bonchev–Trinajstić information content (AvgIpc) is 2.56. The third-order valence-electron chi connectivity index (χ3n) is 2.93. The first-order chi connectivity index (χ1) is 9.01. The van der Waals surface area contributed by atoms with Gasteiger partial charge in [-0.05, 0) is 6.07 Å². The van der Waals surface area contributed by atoms with Crippen LogP contribution in [0.15, 0.2) is 23.1 Å². The Kier molecular flexibility index (Phi) is 3.83. The fourth-order valence-corrected chi connectivity index (χ4v) is 3.17. The van der Waals surface area contributed by atoms with Crippen molar-refractivity contribution in [3.8, 4) is 5.75 Å². The Balaban J connectivity index is 2.40. The van der Waals surface area contributed by atoms with Crippen molar-refractivity contribution in [2.75, 3.05) is 26.6 Å². The SMILES string of the molecule is COC1(OC)COc2cc([N+](=O)[O-])ccc2S(=O)C1. The van der Waals surface area contributed by atoms with Gasteiger partial charge in [0, 0.05) is 20.3 Å². The first-order valence-corrected chi connectivity index (χ1v) is 6.73. The molecule has 1 aromatic rings. The number of ether oxygens (including phenoxy) is 3. The summed E-state index contributed by atoms with van der Waals surface area (Å²) >= 11 is 0. The van der Waals surface area contributed by atoms with Crippen LogP contribution in [-0.2, 0) is 20.3 Å². The summed E-state index contributed by atoms with van der Waals surface area (Å²) in [5, 5.41) is 10.7. The maximum Gasteiger partial charge on any atom is 0.273 e. The molecule has 1 aliphatic heterocycles. The van der Waals surface area contributed by atoms with Crippen molar-refractivity contribution < 1.29 is 23.3 Å². The third-order valence-corrected chi connectivity index (χ3v) is 4.46. The number of hydrogen-bond donors (Lipinski definition) is 0. The van der Waals surface area contributed by atoms with E-state index >= 15 is 0 Å². The van der Waals surface area contributed by atoms with Crippen LogP contribution in [0.1, 0.15) is 0 Å². The van der Waals surface area contributed by atoms with Gasteiger partial charge in [0.25, 0.3) is 5.69 Å². The van der Waals surface area contributed by atoms with Crippen LogP contribution in [0, 0.1) is 10.1 Å². The van der Waals surface area contributed by atoms with Gasteiger partial charge in [-0.1, -0.05) is 0 Å². The van der Waals surface area contributed by atoms with Gasteiger partial charge in [-0.3, -0.25) is 14.3 Å². The van der Waals surface area contributed by atoms with Crippen molar-refractivity contribution in [1.29, 1.82) is 0 Å². The van der Waals surface area contributed by atoms with Crippen LogP contribution in [0.25, 0.3) is 0 Å². The molecule has 0 bridgehead atoms. The van der Waals surface area contributed by atoms with Crippen LogP contribution in [-0.4, -0.2) is 41.5 Å². The Morgan fingerprint density at radius 3 is 2.68 bits per heavy atom. The number of methoxy groups -OCH3 is 2. The zero-order chi connectivity index (χ0) is 14.0. The number of benzene rings is 1. The highest BCUT2D eigenvalue weighted by Gasteiger charge is 2.37. The number of fused-ring (bicyclic) bond motifs is 1. The molecule has 0 spiro atoms. The monoisotopic (exact) mass is 287 g/mol. The van der Waals surface area contributed by atoms with Gasteiger partial charge in [0.2, 0.25) is 5.79 Å². The molecule has 0 N–H and O–H groups in total. The Labute approximate surface area is 112 Å². The number of rotatable bonds is 3. The van der Waals surface area contributed by atoms with Gasteiger partial charge in [0.05, 0.1) is 32.4 Å². The van der Waals surface area contributed by atoms with Gasteiger partial charge in [-0.25, -0.2) is 0 Å². The molecule has 8 heteroatoms. The quantitative estimate of drug-likeness (QED) is 0.469. The minimum Gasteiger partial charge on any atom is -0.486 e. The lowest BCUT2D eigenvalue weighted by atomic mass is 10.3. The van der Waals surface area contributed by atoms with Crippen LogP contribution in [0.5, 0.6) is 5.75 Å². The molecule has 0 radical (unpaired) electrons. The Bertz CT molecular complexity index is 528. The summed E-state index contributed by atoms with van der Waals surface area (Å²) in [5.41, 5.74) is -0.113. The number of nitrogens with zero attached hydrogens (tertiary/aromatic N) is 1. The van der Waals surface area contributed by atoms with E-state index in [1.54, 1.807) is 0 Å². The molecule has 1 atom stereocenters. The fraction of sp³-hybridized carbons (Fsp3) is 0.455. The lowest BCUT2D eigenvalue weighted by Gasteiger charge is -2.27. The lowest BCUT2D eigenvalue weighted by Crippen LogP contribution is -2.44. The summed E-state index contributed by atoms with van der Waals surface area (Å²) in [6.45, 7) is 0.0138. The predicted octanol–water partition coefficient (Wildman–Crippen LogP) is 1.08. The minimum atomic E-state index is -1.42. The van der Waals surface area contributed by atoms with Crippen LogP contribution in [0.4, 0.5) is 5.69 Å². The second-order valence-corrected chi connectivity index (χ2v) is 5.41. The van der Waals surface area contributed by atoms with E-state index in [1.165, 1.54) is 32.4 Å². The van der Waals surface area contributed by atoms with E-state index in [4.69, 9.17) is 14.2 Å². The van der Waals surface area contributed by atoms with Gasteiger partial charge < -0.3 is 14.2 Å². The topological polar surface area (TPSA) is 87.9 Å². The first kappa shape index (κ1) is 13.9. The van der Waals surface area contributed by atoms with Gasteiger partial charge >= 0.3 is 0 Å². The molecule has 1 aliphatic rings. The summed E-state index contributed by atoms with van der Waals surface area (Å²) in [5.74, 6) is -0.785. The van der Waals surface area contributed by atoms with Gasteiger partial charge in [0.1, 0.15) is 12.4 Å². The van der Waals surface area contributed by atoms with Crippen molar-refractivity contribution in [3.63, 3.8) is 0 Å². The zero-order valence-electron chi connectivity index (χ0n) is 10.5. The summed E-state index contributed by atoms with van der Waals surface area (Å²) < 4.78 is 28.1. The molecule has 0 saturated carbocycles. The molecule has 2 rings (SSSR count). The molecular weight excluding hydrogens is 274 g/mol. The zero-order valence-corrected chi connectivity index (χ0v) is 11.3. The first-order valence-electron chi connectivity index (χ1n) is 5.41. The molecular formula is C11H13NO6S. The van der Waals surface area contributed by atoms with Crippen LogP contribution in [0.2, 0.25) is 0 Å². The smallest absolute Gasteiger partial charge is 0.273 e. The molecule has 1 heterocycles. The standard InChI is InChI=1S/C11H13NO6S/c1-16-11(17-2)6-18-9-5-8(12(13)14)3-4-10(9)19(15)7-11/h3-5H,6-7H2,1-2H3. The molecule has 7 nitrogen and oxygen atoms in total. The summed E-state index contributed by atoms with van der Waals surface area (Å²) in [4.78, 5) is 10.6. The molecule has 1 aromatic carbocycles. The van der Waals surface area contributed by atoms with Crippen molar-refractivity contribution >= 4 is 16.5 Å². The van der Waals surface area contributed by atoms with E-state index in [0.29, 0.717) is 4.90 Å². The third kappa shape index (κ3) is 2.60. The van der Waals surface area contributed by atoms with E-state index in [-0.39, 0.29) is 23.8 Å². The molecule has 0 amide bonds. The predicted molar refractivity (Wildman–Crippen MR) is 66.6 cm³/mol. The number of non-ortho nitro benzene ring substituents is 1. The number of nitro benzene ring substituents is 1. The van der Waals surface area contributed by atoms with E-state index in [0.717, 1.165) is 0 Å². The molecule has 1 unspecified atom stereocenters. The van der Waals surface area contributed by atoms with E-state index < -0.39 is 21.5 Å². The fourth-order valence-electron chi connectivity index (χ4n) is 1.74. The Morgan fingerprint density at radius 2 is 2.11 bits per heavy atom. The second kappa shape index (κ2) is 5.24. The van der Waals surface area contributed by atoms with E-state index in [1.807, 2.05) is 0 Å². The van der Waals surface area contributed by atoms with Crippen molar-refractivity contribution in [3.05, 3.63) is 28.3 Å². The van der Waals surface area contributed by atoms with Gasteiger partial charge in [-0.2, -0.15) is 0 Å². The molecule has 104 valence electrons. The maximum absolute atomic E-state index is 12.2. The molecule has 0 saturated heterocycles. The molecule has 0 aromatic heterocycles. The van der Waals surface area contributed by atoms with Crippen LogP contribution >= 0.6 is 0 Å². The average molecular weight is 287 g/mol. The highest BCUT2D eigenvalue weighted by Crippen LogP contribution is 2.33. The summed E-state index contributed by atoms with van der Waals surface area (Å²) in [7, 11) is 1.45. The molecule has 0 fully saturated rings. The highest BCUT2D eigenvalue weighted by atomic mass is 32.2. The largest absolute Gasteiger partial charge is 0.486 e. The maximum atomic E-state index is 12.2. The summed E-state index contributed by atoms with van der Waals surface area (Å²) in [6.07, 6.45) is 0. The van der Waals surface area contributed by atoms with Gasteiger partial charge in [-0.15, -0.1) is 0 Å². The molecule has 19 heavy (non-hydrogen) atoms.